The summed E-state index contributed by atoms with van der Waals surface area (Å²) in [5, 5.41) is 9.51. The Hall–Kier alpha value is -0.960. The van der Waals surface area contributed by atoms with Crippen molar-refractivity contribution in [3.8, 4) is 0 Å². The van der Waals surface area contributed by atoms with E-state index in [-0.39, 0.29) is 0 Å². The molecule has 1 rings (SSSR count). The molecule has 0 aliphatic rings. The van der Waals surface area contributed by atoms with Crippen LogP contribution in [-0.2, 0) is 0 Å². The highest BCUT2D eigenvalue weighted by Crippen LogP contribution is 2.29. The molecule has 0 amide bonds. The number of thioether (sulfide) groups is 1. The number of carboxylic acids is 1. The molecule has 1 aromatic rings. The van der Waals surface area contributed by atoms with Crippen molar-refractivity contribution in [2.75, 3.05) is 0 Å². The molecule has 1 unspecified atom stereocenters. The third-order valence-electron chi connectivity index (χ3n) is 2.41. The fourth-order valence-electron chi connectivity index (χ4n) is 1.51. The lowest BCUT2D eigenvalue weighted by molar-refractivity contribution is 0.0693. The van der Waals surface area contributed by atoms with Gasteiger partial charge in [-0.15, -0.1) is 11.8 Å². The van der Waals surface area contributed by atoms with Crippen molar-refractivity contribution in [3.05, 3.63) is 29.8 Å². The summed E-state index contributed by atoms with van der Waals surface area (Å²) in [7, 11) is 0. The summed E-state index contributed by atoms with van der Waals surface area (Å²) in [4.78, 5) is 11.9. The number of hydrogen-bond acceptors (Lipinski definition) is 2. The number of carbonyl (C=O) groups is 1. The van der Waals surface area contributed by atoms with Crippen LogP contribution in [0.25, 0.3) is 0 Å². The lowest BCUT2D eigenvalue weighted by atomic mass is 10.2. The van der Waals surface area contributed by atoms with Crippen LogP contribution >= 0.6 is 11.8 Å². The first-order chi connectivity index (χ1) is 7.65. The van der Waals surface area contributed by atoms with Gasteiger partial charge in [-0.05, 0) is 18.6 Å². The minimum Gasteiger partial charge on any atom is -0.478 e. The minimum absolute atomic E-state index is 0.413. The lowest BCUT2D eigenvalue weighted by Gasteiger charge is -2.12. The number of benzene rings is 1. The Morgan fingerprint density at radius 2 is 2.12 bits per heavy atom. The average molecular weight is 238 g/mol. The van der Waals surface area contributed by atoms with Gasteiger partial charge >= 0.3 is 5.97 Å². The van der Waals surface area contributed by atoms with Gasteiger partial charge in [-0.2, -0.15) is 0 Å². The van der Waals surface area contributed by atoms with Crippen molar-refractivity contribution in [3.63, 3.8) is 0 Å². The van der Waals surface area contributed by atoms with Crippen LogP contribution in [0.3, 0.4) is 0 Å². The topological polar surface area (TPSA) is 37.3 Å². The molecule has 16 heavy (non-hydrogen) atoms. The van der Waals surface area contributed by atoms with Crippen LogP contribution < -0.4 is 0 Å². The van der Waals surface area contributed by atoms with Crippen molar-refractivity contribution in [1.82, 2.24) is 0 Å². The highest BCUT2D eigenvalue weighted by molar-refractivity contribution is 8.00. The van der Waals surface area contributed by atoms with Crippen molar-refractivity contribution in [2.24, 2.45) is 0 Å². The molecule has 1 N–H and O–H groups in total. The van der Waals surface area contributed by atoms with Crippen LogP contribution in [0.4, 0.5) is 0 Å². The van der Waals surface area contributed by atoms with Gasteiger partial charge in [-0.25, -0.2) is 4.79 Å². The molecule has 3 heteroatoms. The summed E-state index contributed by atoms with van der Waals surface area (Å²) in [6, 6.07) is 7.21. The molecular formula is C13H18O2S. The van der Waals surface area contributed by atoms with Crippen LogP contribution in [0, 0.1) is 0 Å². The van der Waals surface area contributed by atoms with Crippen LogP contribution in [0.1, 0.15) is 43.5 Å². The minimum atomic E-state index is -0.842. The van der Waals surface area contributed by atoms with E-state index >= 15 is 0 Å². The SMILES string of the molecule is CCCCC(C)Sc1ccccc1C(=O)O. The number of unbranched alkanes of at least 4 members (excludes halogenated alkanes) is 1. The summed E-state index contributed by atoms with van der Waals surface area (Å²) in [6.07, 6.45) is 3.52. The highest BCUT2D eigenvalue weighted by Gasteiger charge is 2.12. The third kappa shape index (κ3) is 3.89. The van der Waals surface area contributed by atoms with E-state index in [1.165, 1.54) is 12.8 Å². The largest absolute Gasteiger partial charge is 0.478 e. The zero-order chi connectivity index (χ0) is 12.0. The molecule has 0 bridgehead atoms. The molecule has 0 spiro atoms. The standard InChI is InChI=1S/C13H18O2S/c1-3-4-7-10(2)16-12-9-6-5-8-11(12)13(14)15/h5-6,8-10H,3-4,7H2,1-2H3,(H,14,15). The normalized spacial score (nSPS) is 12.4. The fraction of sp³-hybridized carbons (Fsp3) is 0.462. The number of aromatic carboxylic acids is 1. The van der Waals surface area contributed by atoms with Crippen LogP contribution in [0.5, 0.6) is 0 Å². The zero-order valence-electron chi connectivity index (χ0n) is 9.77. The monoisotopic (exact) mass is 238 g/mol. The lowest BCUT2D eigenvalue weighted by Crippen LogP contribution is -2.01. The fourth-order valence-corrected chi connectivity index (χ4v) is 2.67. The first-order valence-electron chi connectivity index (χ1n) is 5.64. The molecule has 0 radical (unpaired) electrons. The molecule has 1 atom stereocenters. The van der Waals surface area contributed by atoms with Gasteiger partial charge < -0.3 is 5.11 Å². The van der Waals surface area contributed by atoms with Crippen molar-refractivity contribution in [1.29, 1.82) is 0 Å². The molecule has 0 aromatic heterocycles. The van der Waals surface area contributed by atoms with Gasteiger partial charge in [0.2, 0.25) is 0 Å². The van der Waals surface area contributed by atoms with Crippen LogP contribution in [-0.4, -0.2) is 16.3 Å². The second-order valence-corrected chi connectivity index (χ2v) is 5.35. The molecule has 2 nitrogen and oxygen atoms in total. The van der Waals surface area contributed by atoms with E-state index in [9.17, 15) is 4.79 Å². The smallest absolute Gasteiger partial charge is 0.336 e. The van der Waals surface area contributed by atoms with E-state index in [4.69, 9.17) is 5.11 Å². The molecule has 0 heterocycles. The second kappa shape index (κ2) is 6.59. The van der Waals surface area contributed by atoms with E-state index in [0.29, 0.717) is 10.8 Å². The summed E-state index contributed by atoms with van der Waals surface area (Å²) < 4.78 is 0. The molecular weight excluding hydrogens is 220 g/mol. The van der Waals surface area contributed by atoms with Gasteiger partial charge in [0, 0.05) is 10.1 Å². The van der Waals surface area contributed by atoms with Crippen molar-refractivity contribution < 1.29 is 9.90 Å². The van der Waals surface area contributed by atoms with Crippen LogP contribution in [0.15, 0.2) is 29.2 Å². The van der Waals surface area contributed by atoms with E-state index in [0.717, 1.165) is 11.3 Å². The highest BCUT2D eigenvalue weighted by atomic mass is 32.2. The number of carboxylic acid groups (broad SMARTS) is 1. The van der Waals surface area contributed by atoms with Gasteiger partial charge in [0.1, 0.15) is 0 Å². The van der Waals surface area contributed by atoms with Gasteiger partial charge in [0.15, 0.2) is 0 Å². The molecule has 1 aromatic carbocycles. The van der Waals surface area contributed by atoms with Crippen LogP contribution in [0.2, 0.25) is 0 Å². The molecule has 0 aliphatic carbocycles. The van der Waals surface area contributed by atoms with Gasteiger partial charge in [-0.3, -0.25) is 0 Å². The molecule has 88 valence electrons. The first-order valence-corrected chi connectivity index (χ1v) is 6.52. The maximum absolute atomic E-state index is 11.0. The van der Waals surface area contributed by atoms with E-state index in [1.54, 1.807) is 23.9 Å². The molecule has 0 saturated heterocycles. The van der Waals surface area contributed by atoms with Crippen molar-refractivity contribution in [2.45, 2.75) is 43.3 Å². The Balaban J connectivity index is 2.69. The predicted octanol–water partition coefficient (Wildman–Crippen LogP) is 4.06. The Labute approximate surface area is 101 Å². The van der Waals surface area contributed by atoms with Gasteiger partial charge in [0.05, 0.1) is 5.56 Å². The Kier molecular flexibility index (Phi) is 5.39. The maximum Gasteiger partial charge on any atom is 0.336 e. The van der Waals surface area contributed by atoms with E-state index < -0.39 is 5.97 Å². The number of hydrogen-bond donors (Lipinski definition) is 1. The molecule has 0 aliphatic heterocycles. The quantitative estimate of drug-likeness (QED) is 0.759. The third-order valence-corrected chi connectivity index (χ3v) is 3.66. The Bertz CT molecular complexity index is 350. The van der Waals surface area contributed by atoms with Crippen molar-refractivity contribution >= 4 is 17.7 Å². The summed E-state index contributed by atoms with van der Waals surface area (Å²) in [5.41, 5.74) is 0.413. The zero-order valence-corrected chi connectivity index (χ0v) is 10.6. The summed E-state index contributed by atoms with van der Waals surface area (Å²) in [5.74, 6) is -0.842. The molecule has 0 fully saturated rings. The maximum atomic E-state index is 11.0. The predicted molar refractivity (Wildman–Crippen MR) is 68.2 cm³/mol. The summed E-state index contributed by atoms with van der Waals surface area (Å²) >= 11 is 1.66. The molecule has 0 saturated carbocycles. The van der Waals surface area contributed by atoms with Gasteiger partial charge in [-0.1, -0.05) is 38.8 Å². The van der Waals surface area contributed by atoms with E-state index in [1.807, 2.05) is 12.1 Å². The number of rotatable bonds is 6. The first kappa shape index (κ1) is 13.1. The van der Waals surface area contributed by atoms with E-state index in [2.05, 4.69) is 13.8 Å². The Morgan fingerprint density at radius 1 is 1.44 bits per heavy atom. The average Bonchev–Trinajstić information content (AvgIpc) is 2.27. The summed E-state index contributed by atoms with van der Waals surface area (Å²) in [6.45, 7) is 4.32. The van der Waals surface area contributed by atoms with Gasteiger partial charge in [0.25, 0.3) is 0 Å². The Morgan fingerprint density at radius 3 is 2.75 bits per heavy atom. The second-order valence-electron chi connectivity index (χ2n) is 3.87.